The summed E-state index contributed by atoms with van der Waals surface area (Å²) >= 11 is 0. The highest BCUT2D eigenvalue weighted by atomic mass is 16.6. The van der Waals surface area contributed by atoms with E-state index in [1.165, 1.54) is 11.0 Å². The van der Waals surface area contributed by atoms with Gasteiger partial charge in [-0.15, -0.1) is 0 Å². The fourth-order valence-electron chi connectivity index (χ4n) is 1.06. The van der Waals surface area contributed by atoms with Crippen molar-refractivity contribution in [3.8, 4) is 0 Å². The third-order valence-corrected chi connectivity index (χ3v) is 2.05. The van der Waals surface area contributed by atoms with Gasteiger partial charge in [-0.25, -0.2) is 4.79 Å². The lowest BCUT2D eigenvalue weighted by atomic mass is 10.4. The maximum atomic E-state index is 11.4. The summed E-state index contributed by atoms with van der Waals surface area (Å²) in [5.41, 5.74) is 0. The van der Waals surface area contributed by atoms with E-state index in [1.54, 1.807) is 6.92 Å². The molecule has 1 amide bonds. The molecule has 0 atom stereocenters. The van der Waals surface area contributed by atoms with E-state index in [-0.39, 0.29) is 13.2 Å². The van der Waals surface area contributed by atoms with Crippen LogP contribution < -0.4 is 0 Å². The van der Waals surface area contributed by atoms with Gasteiger partial charge in [0.1, 0.15) is 13.2 Å². The fraction of sp³-hybridized carbons (Fsp3) is 0.667. The van der Waals surface area contributed by atoms with E-state index in [2.05, 4.69) is 6.58 Å². The van der Waals surface area contributed by atoms with E-state index in [1.807, 2.05) is 6.92 Å². The van der Waals surface area contributed by atoms with E-state index in [4.69, 9.17) is 9.47 Å². The molecule has 0 bridgehead atoms. The Morgan fingerprint density at radius 1 is 1.29 bits per heavy atom. The number of carbonyl (C=O) groups is 2. The van der Waals surface area contributed by atoms with Gasteiger partial charge in [-0.3, -0.25) is 9.69 Å². The fourth-order valence-corrected chi connectivity index (χ4v) is 1.06. The lowest BCUT2D eigenvalue weighted by Gasteiger charge is -2.18. The summed E-state index contributed by atoms with van der Waals surface area (Å²) in [7, 11) is 0. The van der Waals surface area contributed by atoms with Gasteiger partial charge in [-0.1, -0.05) is 26.0 Å². The van der Waals surface area contributed by atoms with Crippen LogP contribution >= 0.6 is 0 Å². The SMILES string of the molecule is C=CCOC(=O)N(CC)CC(=O)OCCCC. The first kappa shape index (κ1) is 15.5. The van der Waals surface area contributed by atoms with Crippen LogP contribution in [0.4, 0.5) is 4.79 Å². The summed E-state index contributed by atoms with van der Waals surface area (Å²) in [6, 6.07) is 0. The maximum Gasteiger partial charge on any atom is 0.410 e. The smallest absolute Gasteiger partial charge is 0.410 e. The second-order valence-corrected chi connectivity index (χ2v) is 3.45. The molecule has 0 aliphatic heterocycles. The highest BCUT2D eigenvalue weighted by Crippen LogP contribution is 1.96. The standard InChI is InChI=1S/C12H21NO4/c1-4-7-9-16-11(14)10-13(6-3)12(15)17-8-5-2/h5H,2,4,6-10H2,1,3H3. The molecular formula is C12H21NO4. The van der Waals surface area contributed by atoms with Gasteiger partial charge in [-0.2, -0.15) is 0 Å². The number of hydrogen-bond donors (Lipinski definition) is 0. The van der Waals surface area contributed by atoms with Crippen molar-refractivity contribution in [2.24, 2.45) is 0 Å². The molecule has 0 aliphatic rings. The van der Waals surface area contributed by atoms with Gasteiger partial charge in [0.05, 0.1) is 6.61 Å². The Bertz CT molecular complexity index is 253. The summed E-state index contributed by atoms with van der Waals surface area (Å²) < 4.78 is 9.79. The van der Waals surface area contributed by atoms with Crippen LogP contribution in [0.2, 0.25) is 0 Å². The molecule has 5 heteroatoms. The zero-order chi connectivity index (χ0) is 13.1. The van der Waals surface area contributed by atoms with E-state index in [9.17, 15) is 9.59 Å². The number of unbranched alkanes of at least 4 members (excludes halogenated alkanes) is 1. The number of esters is 1. The molecule has 0 saturated heterocycles. The lowest BCUT2D eigenvalue weighted by Crippen LogP contribution is -2.36. The van der Waals surface area contributed by atoms with Gasteiger partial charge in [0, 0.05) is 6.54 Å². The first-order valence-corrected chi connectivity index (χ1v) is 5.83. The number of likely N-dealkylation sites (N-methyl/N-ethyl adjacent to an activating group) is 1. The molecule has 17 heavy (non-hydrogen) atoms. The van der Waals surface area contributed by atoms with Crippen molar-refractivity contribution in [2.45, 2.75) is 26.7 Å². The van der Waals surface area contributed by atoms with Crippen LogP contribution in [0, 0.1) is 0 Å². The molecule has 0 heterocycles. The average molecular weight is 243 g/mol. The van der Waals surface area contributed by atoms with Crippen LogP contribution in [-0.4, -0.2) is 43.3 Å². The van der Waals surface area contributed by atoms with Crippen molar-refractivity contribution in [2.75, 3.05) is 26.3 Å². The Hall–Kier alpha value is -1.52. The molecule has 5 nitrogen and oxygen atoms in total. The van der Waals surface area contributed by atoms with E-state index in [0.717, 1.165) is 12.8 Å². The van der Waals surface area contributed by atoms with Gasteiger partial charge in [0.15, 0.2) is 0 Å². The first-order chi connectivity index (χ1) is 8.15. The van der Waals surface area contributed by atoms with Crippen LogP contribution in [0.3, 0.4) is 0 Å². The predicted molar refractivity (Wildman–Crippen MR) is 64.7 cm³/mol. The van der Waals surface area contributed by atoms with Crippen molar-refractivity contribution in [1.29, 1.82) is 0 Å². The number of nitrogens with zero attached hydrogens (tertiary/aromatic N) is 1. The molecule has 0 N–H and O–H groups in total. The van der Waals surface area contributed by atoms with Gasteiger partial charge in [0.25, 0.3) is 0 Å². The van der Waals surface area contributed by atoms with Crippen molar-refractivity contribution < 1.29 is 19.1 Å². The van der Waals surface area contributed by atoms with Crippen molar-refractivity contribution in [3.05, 3.63) is 12.7 Å². The Labute approximate surface area is 102 Å². The lowest BCUT2D eigenvalue weighted by molar-refractivity contribution is -0.144. The van der Waals surface area contributed by atoms with Crippen LogP contribution in [0.5, 0.6) is 0 Å². The molecule has 0 spiro atoms. The quantitative estimate of drug-likeness (QED) is 0.371. The van der Waals surface area contributed by atoms with Gasteiger partial charge < -0.3 is 9.47 Å². The molecule has 0 radical (unpaired) electrons. The van der Waals surface area contributed by atoms with Crippen molar-refractivity contribution >= 4 is 12.1 Å². The van der Waals surface area contributed by atoms with E-state index < -0.39 is 12.1 Å². The molecule has 0 aromatic carbocycles. The Balaban J connectivity index is 3.97. The topological polar surface area (TPSA) is 55.8 Å². The molecule has 0 aromatic rings. The number of ether oxygens (including phenoxy) is 2. The van der Waals surface area contributed by atoms with E-state index >= 15 is 0 Å². The van der Waals surface area contributed by atoms with Crippen LogP contribution in [0.1, 0.15) is 26.7 Å². The maximum absolute atomic E-state index is 11.4. The van der Waals surface area contributed by atoms with Crippen LogP contribution in [-0.2, 0) is 14.3 Å². The molecule has 98 valence electrons. The van der Waals surface area contributed by atoms with Gasteiger partial charge >= 0.3 is 12.1 Å². The molecule has 0 fully saturated rings. The Kier molecular flexibility index (Phi) is 8.82. The highest BCUT2D eigenvalue weighted by molar-refractivity contribution is 5.78. The number of carbonyl (C=O) groups excluding carboxylic acids is 2. The largest absolute Gasteiger partial charge is 0.464 e. The molecule has 0 aliphatic carbocycles. The van der Waals surface area contributed by atoms with E-state index in [0.29, 0.717) is 13.2 Å². The summed E-state index contributed by atoms with van der Waals surface area (Å²) in [6.07, 6.45) is 2.75. The molecule has 0 rings (SSSR count). The van der Waals surface area contributed by atoms with Gasteiger partial charge in [0.2, 0.25) is 0 Å². The predicted octanol–water partition coefficient (Wildman–Crippen LogP) is 1.97. The Morgan fingerprint density at radius 2 is 2.00 bits per heavy atom. The van der Waals surface area contributed by atoms with Crippen LogP contribution in [0.25, 0.3) is 0 Å². The number of amides is 1. The number of hydrogen-bond acceptors (Lipinski definition) is 4. The second-order valence-electron chi connectivity index (χ2n) is 3.45. The zero-order valence-electron chi connectivity index (χ0n) is 10.6. The summed E-state index contributed by atoms with van der Waals surface area (Å²) in [5, 5.41) is 0. The first-order valence-electron chi connectivity index (χ1n) is 5.83. The van der Waals surface area contributed by atoms with Crippen LogP contribution in [0.15, 0.2) is 12.7 Å². The summed E-state index contributed by atoms with van der Waals surface area (Å²) in [5.74, 6) is -0.407. The molecule has 0 saturated carbocycles. The average Bonchev–Trinajstić information content (AvgIpc) is 2.33. The minimum absolute atomic E-state index is 0.0732. The third kappa shape index (κ3) is 7.38. The second kappa shape index (κ2) is 9.69. The number of rotatable bonds is 8. The monoisotopic (exact) mass is 243 g/mol. The van der Waals surface area contributed by atoms with Crippen molar-refractivity contribution in [1.82, 2.24) is 4.90 Å². The Morgan fingerprint density at radius 3 is 2.53 bits per heavy atom. The molecular weight excluding hydrogens is 222 g/mol. The molecule has 0 aromatic heterocycles. The minimum atomic E-state index is -0.528. The summed E-state index contributed by atoms with van der Waals surface area (Å²) in [6.45, 7) is 8.09. The third-order valence-electron chi connectivity index (χ3n) is 2.05. The van der Waals surface area contributed by atoms with Gasteiger partial charge in [-0.05, 0) is 13.3 Å². The zero-order valence-corrected chi connectivity index (χ0v) is 10.6. The van der Waals surface area contributed by atoms with Crippen molar-refractivity contribution in [3.63, 3.8) is 0 Å². The normalized spacial score (nSPS) is 9.53. The highest BCUT2D eigenvalue weighted by Gasteiger charge is 2.16. The summed E-state index contributed by atoms with van der Waals surface area (Å²) in [4.78, 5) is 24.1. The molecule has 0 unspecified atom stereocenters. The minimum Gasteiger partial charge on any atom is -0.464 e.